The molecule has 4 heteroatoms. The molecule has 0 aromatic heterocycles. The molecule has 1 heterocycles. The zero-order valence-electron chi connectivity index (χ0n) is 10.7. The Hall–Kier alpha value is -1.55. The SMILES string of the molecule is COc1cccc(C2(CN)CCNC(=O)CC2)c1. The Balaban J connectivity index is 2.32. The second-order valence-corrected chi connectivity index (χ2v) is 4.82. The highest BCUT2D eigenvalue weighted by Gasteiger charge is 2.33. The third kappa shape index (κ3) is 2.48. The van der Waals surface area contributed by atoms with Gasteiger partial charge in [-0.1, -0.05) is 12.1 Å². The maximum atomic E-state index is 11.5. The molecule has 1 atom stereocenters. The van der Waals surface area contributed by atoms with Crippen LogP contribution < -0.4 is 15.8 Å². The maximum absolute atomic E-state index is 11.5. The van der Waals surface area contributed by atoms with Crippen molar-refractivity contribution in [3.05, 3.63) is 29.8 Å². The van der Waals surface area contributed by atoms with Crippen molar-refractivity contribution in [1.82, 2.24) is 5.32 Å². The molecule has 1 aromatic rings. The molecular weight excluding hydrogens is 228 g/mol. The van der Waals surface area contributed by atoms with Crippen LogP contribution in [0, 0.1) is 0 Å². The van der Waals surface area contributed by atoms with Crippen molar-refractivity contribution in [1.29, 1.82) is 0 Å². The molecule has 3 N–H and O–H groups in total. The molecule has 1 fully saturated rings. The number of hydrogen-bond donors (Lipinski definition) is 2. The van der Waals surface area contributed by atoms with Crippen LogP contribution in [0.2, 0.25) is 0 Å². The highest BCUT2D eigenvalue weighted by molar-refractivity contribution is 5.76. The van der Waals surface area contributed by atoms with Crippen LogP contribution in [0.1, 0.15) is 24.8 Å². The summed E-state index contributed by atoms with van der Waals surface area (Å²) in [5.74, 6) is 0.956. The van der Waals surface area contributed by atoms with Gasteiger partial charge in [0.2, 0.25) is 5.91 Å². The summed E-state index contributed by atoms with van der Waals surface area (Å²) in [4.78, 5) is 11.5. The molecule has 1 saturated heterocycles. The fourth-order valence-corrected chi connectivity index (χ4v) is 2.57. The quantitative estimate of drug-likeness (QED) is 0.844. The molecule has 0 bridgehead atoms. The summed E-state index contributed by atoms with van der Waals surface area (Å²) >= 11 is 0. The number of methoxy groups -OCH3 is 1. The van der Waals surface area contributed by atoms with E-state index in [1.54, 1.807) is 7.11 Å². The first-order chi connectivity index (χ1) is 8.70. The molecule has 1 amide bonds. The van der Waals surface area contributed by atoms with E-state index in [-0.39, 0.29) is 11.3 Å². The van der Waals surface area contributed by atoms with Gasteiger partial charge in [-0.2, -0.15) is 0 Å². The van der Waals surface area contributed by atoms with Crippen LogP contribution in [0.3, 0.4) is 0 Å². The van der Waals surface area contributed by atoms with Crippen LogP contribution in [0.15, 0.2) is 24.3 Å². The summed E-state index contributed by atoms with van der Waals surface area (Å²) in [6.45, 7) is 1.24. The van der Waals surface area contributed by atoms with Crippen molar-refractivity contribution in [3.8, 4) is 5.75 Å². The number of carbonyl (C=O) groups is 1. The summed E-state index contributed by atoms with van der Waals surface area (Å²) in [6.07, 6.45) is 2.21. The number of rotatable bonds is 3. The van der Waals surface area contributed by atoms with Crippen molar-refractivity contribution < 1.29 is 9.53 Å². The number of hydrogen-bond acceptors (Lipinski definition) is 3. The molecule has 0 spiro atoms. The van der Waals surface area contributed by atoms with Crippen LogP contribution in [0.25, 0.3) is 0 Å². The number of ether oxygens (including phenoxy) is 1. The van der Waals surface area contributed by atoms with E-state index in [9.17, 15) is 4.79 Å². The van der Waals surface area contributed by atoms with Gasteiger partial charge in [-0.25, -0.2) is 0 Å². The third-order valence-corrected chi connectivity index (χ3v) is 3.83. The summed E-state index contributed by atoms with van der Waals surface area (Å²) in [6, 6.07) is 8.01. The standard InChI is InChI=1S/C14H20N2O2/c1-18-12-4-2-3-11(9-12)14(10-15)6-5-13(17)16-8-7-14/h2-4,9H,5-8,10,15H2,1H3,(H,16,17). The Bertz CT molecular complexity index is 434. The van der Waals surface area contributed by atoms with Crippen molar-refractivity contribution in [2.45, 2.75) is 24.7 Å². The molecule has 0 saturated carbocycles. The average molecular weight is 248 g/mol. The molecule has 1 aliphatic heterocycles. The number of carbonyl (C=O) groups excluding carboxylic acids is 1. The minimum Gasteiger partial charge on any atom is -0.497 e. The van der Waals surface area contributed by atoms with Crippen LogP contribution >= 0.6 is 0 Å². The first kappa shape index (κ1) is 12.9. The molecule has 1 unspecified atom stereocenters. The summed E-state index contributed by atoms with van der Waals surface area (Å²) < 4.78 is 5.26. The topological polar surface area (TPSA) is 64.3 Å². The predicted molar refractivity (Wildman–Crippen MR) is 70.6 cm³/mol. The van der Waals surface area contributed by atoms with Gasteiger partial charge in [0.15, 0.2) is 0 Å². The van der Waals surface area contributed by atoms with E-state index in [1.165, 1.54) is 5.56 Å². The number of amides is 1. The van der Waals surface area contributed by atoms with Crippen molar-refractivity contribution in [3.63, 3.8) is 0 Å². The fourth-order valence-electron chi connectivity index (χ4n) is 2.57. The van der Waals surface area contributed by atoms with Crippen molar-refractivity contribution in [2.75, 3.05) is 20.2 Å². The lowest BCUT2D eigenvalue weighted by molar-refractivity contribution is -0.120. The van der Waals surface area contributed by atoms with Gasteiger partial charge in [0.05, 0.1) is 7.11 Å². The van der Waals surface area contributed by atoms with Crippen molar-refractivity contribution >= 4 is 5.91 Å². The van der Waals surface area contributed by atoms with E-state index >= 15 is 0 Å². The van der Waals surface area contributed by atoms with Crippen LogP contribution in [0.5, 0.6) is 5.75 Å². The molecule has 1 aromatic carbocycles. The number of benzene rings is 1. The monoisotopic (exact) mass is 248 g/mol. The Morgan fingerprint density at radius 3 is 3.00 bits per heavy atom. The van der Waals surface area contributed by atoms with Gasteiger partial charge in [-0.15, -0.1) is 0 Å². The minimum atomic E-state index is -0.117. The van der Waals surface area contributed by atoms with E-state index in [0.717, 1.165) is 18.6 Å². The fraction of sp³-hybridized carbons (Fsp3) is 0.500. The third-order valence-electron chi connectivity index (χ3n) is 3.83. The Morgan fingerprint density at radius 2 is 2.28 bits per heavy atom. The Kier molecular flexibility index (Phi) is 3.87. The summed E-state index contributed by atoms with van der Waals surface area (Å²) in [7, 11) is 1.66. The second-order valence-electron chi connectivity index (χ2n) is 4.82. The molecule has 1 aliphatic rings. The molecule has 0 aliphatic carbocycles. The largest absolute Gasteiger partial charge is 0.497 e. The molecule has 18 heavy (non-hydrogen) atoms. The first-order valence-corrected chi connectivity index (χ1v) is 6.31. The van der Waals surface area contributed by atoms with Gasteiger partial charge in [-0.3, -0.25) is 4.79 Å². The minimum absolute atomic E-state index is 0.117. The summed E-state index contributed by atoms with van der Waals surface area (Å²) in [5, 5.41) is 2.91. The van der Waals surface area contributed by atoms with E-state index in [2.05, 4.69) is 11.4 Å². The van der Waals surface area contributed by atoms with Crippen molar-refractivity contribution in [2.24, 2.45) is 5.73 Å². The molecule has 2 rings (SSSR count). The van der Waals surface area contributed by atoms with E-state index in [4.69, 9.17) is 10.5 Å². The van der Waals surface area contributed by atoms with Gasteiger partial charge in [0.25, 0.3) is 0 Å². The molecule has 98 valence electrons. The van der Waals surface area contributed by atoms with E-state index in [0.29, 0.717) is 19.5 Å². The normalized spacial score (nSPS) is 24.2. The van der Waals surface area contributed by atoms with Gasteiger partial charge >= 0.3 is 0 Å². The van der Waals surface area contributed by atoms with Gasteiger partial charge in [-0.05, 0) is 30.5 Å². The summed E-state index contributed by atoms with van der Waals surface area (Å²) in [5.41, 5.74) is 7.05. The molecule has 0 radical (unpaired) electrons. The predicted octanol–water partition coefficient (Wildman–Crippen LogP) is 1.19. The highest BCUT2D eigenvalue weighted by atomic mass is 16.5. The molecular formula is C14H20N2O2. The number of nitrogens with one attached hydrogen (secondary N) is 1. The van der Waals surface area contributed by atoms with Gasteiger partial charge in [0, 0.05) is 24.9 Å². The molecule has 4 nitrogen and oxygen atoms in total. The lowest BCUT2D eigenvalue weighted by Crippen LogP contribution is -2.36. The number of nitrogens with two attached hydrogens (primary N) is 1. The van der Waals surface area contributed by atoms with Crippen LogP contribution in [0.4, 0.5) is 0 Å². The van der Waals surface area contributed by atoms with Gasteiger partial charge < -0.3 is 15.8 Å². The van der Waals surface area contributed by atoms with Crippen LogP contribution in [-0.2, 0) is 10.2 Å². The maximum Gasteiger partial charge on any atom is 0.220 e. The van der Waals surface area contributed by atoms with E-state index in [1.807, 2.05) is 18.2 Å². The zero-order valence-corrected chi connectivity index (χ0v) is 10.7. The van der Waals surface area contributed by atoms with Crippen LogP contribution in [-0.4, -0.2) is 26.1 Å². The smallest absolute Gasteiger partial charge is 0.220 e. The zero-order chi connectivity index (χ0) is 13.0. The lowest BCUT2D eigenvalue weighted by Gasteiger charge is -2.31. The average Bonchev–Trinajstić information content (AvgIpc) is 2.61. The lowest BCUT2D eigenvalue weighted by atomic mass is 9.74. The van der Waals surface area contributed by atoms with E-state index < -0.39 is 0 Å². The first-order valence-electron chi connectivity index (χ1n) is 6.31. The Labute approximate surface area is 108 Å². The highest BCUT2D eigenvalue weighted by Crippen LogP contribution is 2.34. The second kappa shape index (κ2) is 5.40. The van der Waals surface area contributed by atoms with Gasteiger partial charge in [0.1, 0.15) is 5.75 Å². The Morgan fingerprint density at radius 1 is 1.44 bits per heavy atom.